The first-order chi connectivity index (χ1) is 67.6. The number of sulfone groups is 1. The number of halogens is 10. The van der Waals surface area contributed by atoms with Crippen LogP contribution in [-0.4, -0.2) is 129 Å². The zero-order chi connectivity index (χ0) is 104. The first-order valence-electron chi connectivity index (χ1n) is 43.5. The zero-order valence-electron chi connectivity index (χ0n) is 79.3. The van der Waals surface area contributed by atoms with Crippen molar-refractivity contribution in [2.45, 2.75) is 151 Å². The molecule has 11 aromatic carbocycles. The van der Waals surface area contributed by atoms with E-state index in [1.807, 2.05) is 115 Å². The van der Waals surface area contributed by atoms with Gasteiger partial charge in [0.15, 0.2) is 15.7 Å². The molecule has 143 heavy (non-hydrogen) atoms. The molecule has 41 heteroatoms. The van der Waals surface area contributed by atoms with Crippen molar-refractivity contribution >= 4 is 212 Å². The molecular weight excluding hydrogens is 2050 g/mol. The Hall–Kier alpha value is -11.7. The molecule has 0 atom stereocenters. The normalized spacial score (nSPS) is 13.3. The van der Waals surface area contributed by atoms with Crippen LogP contribution in [0.2, 0.25) is 25.2 Å². The zero-order valence-corrected chi connectivity index (χ0v) is 87.8. The molecule has 2 aliphatic heterocycles. The molecule has 3 amide bonds. The Morgan fingerprint density at radius 3 is 1.22 bits per heavy atom. The van der Waals surface area contributed by atoms with Gasteiger partial charge >= 0.3 is 30.5 Å². The average molecular weight is 2150 g/mol. The van der Waals surface area contributed by atoms with E-state index in [1.165, 1.54) is 90.5 Å². The maximum atomic E-state index is 13.1. The van der Waals surface area contributed by atoms with E-state index in [1.54, 1.807) is 42.4 Å². The number of fused-ring (bicyclic) bond motifs is 4. The van der Waals surface area contributed by atoms with Gasteiger partial charge in [-0.15, -0.1) is 27.4 Å². The van der Waals surface area contributed by atoms with E-state index in [2.05, 4.69) is 180 Å². The van der Waals surface area contributed by atoms with Gasteiger partial charge in [-0.1, -0.05) is 135 Å². The van der Waals surface area contributed by atoms with E-state index in [4.69, 9.17) is 111 Å². The molecule has 0 spiro atoms. The number of nitrogens with zero attached hydrogens (tertiary/aromatic N) is 12. The van der Waals surface area contributed by atoms with Gasteiger partial charge in [-0.3, -0.25) is 4.79 Å². The fraction of sp³-hybridized carbons (Fsp3) is 0.196. The summed E-state index contributed by atoms with van der Waals surface area (Å²) in [6.07, 6.45) is 8.68. The lowest BCUT2D eigenvalue weighted by Crippen LogP contribution is -2.41. The third-order valence-corrected chi connectivity index (χ3v) is 30.2. The summed E-state index contributed by atoms with van der Waals surface area (Å²) in [5.74, 6) is -0.0803. The first kappa shape index (κ1) is 110. The van der Waals surface area contributed by atoms with Crippen LogP contribution in [0.15, 0.2) is 279 Å². The number of aromatic nitrogens is 10. The molecule has 2 saturated heterocycles. The number of rotatable bonds is 15. The number of amides is 3. The molecule has 8 heterocycles. The number of urea groups is 1. The molecule has 25 nitrogen and oxygen atoms in total. The van der Waals surface area contributed by atoms with E-state index in [9.17, 15) is 39.1 Å². The number of carbonyl (C=O) groups excluding carboxylic acids is 2. The number of benzene rings is 11. The lowest BCUT2D eigenvalue weighted by molar-refractivity contribution is -0.127. The molecule has 19 rings (SSSR count). The number of imide groups is 1. The van der Waals surface area contributed by atoms with Crippen LogP contribution in [0, 0.1) is 67.0 Å². The number of thioether (sulfide) groups is 2. The van der Waals surface area contributed by atoms with Crippen LogP contribution < -0.4 is 16.7 Å². The Morgan fingerprint density at radius 2 is 0.839 bits per heavy atom. The van der Waals surface area contributed by atoms with Crippen LogP contribution in [0.25, 0.3) is 77.4 Å². The quantitative estimate of drug-likeness (QED) is 0.0214. The molecule has 2 fully saturated rings. The highest BCUT2D eigenvalue weighted by atomic mass is 35.5. The van der Waals surface area contributed by atoms with Crippen molar-refractivity contribution in [1.82, 2.24) is 59.0 Å². The van der Waals surface area contributed by atoms with Gasteiger partial charge < -0.3 is 34.1 Å². The monoisotopic (exact) mass is 2140 g/mol. The molecular formula is C102H93B2Cl7F3N13O12S4. The Bertz CT molecular complexity index is 7720. The second-order valence-electron chi connectivity index (χ2n) is 34.3. The van der Waals surface area contributed by atoms with Crippen LogP contribution >= 0.6 is 105 Å². The van der Waals surface area contributed by atoms with E-state index in [-0.39, 0.29) is 34.4 Å². The Kier molecular flexibility index (Phi) is 36.9. The van der Waals surface area contributed by atoms with Crippen LogP contribution in [0.5, 0.6) is 0 Å². The number of hydrogen-bond donors (Lipinski definition) is 3. The standard InChI is InChI=1S/C23H19ClN2S.C20H16ClN3O3S.C16H12ClFN2O2S.C15H11ClN2S.C14H20BClO2.C6H5BF2O2.C5H6Cl2N2O2.C3H4N2O/c1-15-11-21(24)16(2)10-20(15)23-19-9-8-18(12-22(19)25-14-26-23)27-13-17-6-4-3-5-7-17;1-12-8-18(21)13(2)7-17(12)20-16-4-3-15(9-19(16)22-11-23-20)28(25,26)10-14-5-6-27-24-14;1-9-6-14(17)10(2)5-13(9)16-12-4-3-11(23(18,21)22)7-15(12)19-8-20-16;16-15-13-7-6-12(8-14(13)17-10-18-15)19-9-11-4-2-1-3-5-11;1-9-8-12(16)10(2)7-11(9)15-17-13(3,4)14(5,6)18-15;8-5-1-4(7(10)11)2-6(9)3-5;1-5(2)3(10)8(6)4(11)9(5)7;4-3-1-2-6-5-3/h3-12,14H,13H2,1-2H3;3-9,11H,10H2,1-2H3;3-8H,1-2H3;1-8,10H,9H2;7-8H,1-6H3;1-3,10-11H;1-2H3;1-2H,(H2,4,5). The number of nitrogens with two attached hydrogens (primary N) is 1. The Morgan fingerprint density at radius 1 is 0.448 bits per heavy atom. The topological polar surface area (TPSA) is 349 Å². The smallest absolute Gasteiger partial charge is 0.423 e. The van der Waals surface area contributed by atoms with Gasteiger partial charge in [0.25, 0.3) is 5.91 Å². The highest BCUT2D eigenvalue weighted by molar-refractivity contribution is 7.98. The Balaban J connectivity index is 0.000000150. The maximum Gasteiger partial charge on any atom is 0.495 e. The number of anilines is 1. The van der Waals surface area contributed by atoms with Crippen molar-refractivity contribution in [2.24, 2.45) is 0 Å². The fourth-order valence-corrected chi connectivity index (χ4v) is 19.2. The molecule has 738 valence electrons. The van der Waals surface area contributed by atoms with Gasteiger partial charge in [-0.2, -0.15) is 12.8 Å². The van der Waals surface area contributed by atoms with Gasteiger partial charge in [0.1, 0.15) is 70.8 Å². The van der Waals surface area contributed by atoms with Crippen LogP contribution in [0.1, 0.15) is 103 Å². The summed E-state index contributed by atoms with van der Waals surface area (Å²) >= 11 is 45.1. The van der Waals surface area contributed by atoms with Crippen molar-refractivity contribution in [3.05, 3.63) is 348 Å². The third kappa shape index (κ3) is 28.1. The number of nitrogen functional groups attached to an aromatic ring is 1. The van der Waals surface area contributed by atoms with E-state index in [0.29, 0.717) is 59.3 Å². The molecule has 0 radical (unpaired) electrons. The summed E-state index contributed by atoms with van der Waals surface area (Å²) < 4.78 is 108. The minimum atomic E-state index is -4.77. The van der Waals surface area contributed by atoms with E-state index in [0.717, 1.165) is 143 Å². The van der Waals surface area contributed by atoms with Gasteiger partial charge in [-0.05, 0) is 291 Å². The SMILES string of the molecule is CC1(C)C(=O)N(Cl)C(=O)N1Cl.Cc1cc(-c2ncnc3cc(S(=O)(=O)Cc4ccon4)ccc23)c(C)cc1Cl.Cc1cc(-c2ncnc3cc(S(=O)(=O)F)ccc23)c(C)cc1Cl.Cc1cc(-c2ncnc3cc(SCc4ccccc4)ccc23)c(C)cc1Cl.Cc1cc(B2OC(C)(C)C(C)(C)O2)c(C)cc1Cl.Clc1ncnc2cc(SCc3ccccc3)ccc12.Nc1ccon1.OB(O)c1cc(F)cc(F)c1. The van der Waals surface area contributed by atoms with Crippen molar-refractivity contribution in [3.63, 3.8) is 0 Å². The second-order valence-corrected chi connectivity index (χ2v) is 42.4. The highest BCUT2D eigenvalue weighted by Gasteiger charge is 2.53. The van der Waals surface area contributed by atoms with Crippen LogP contribution in [-0.2, 0) is 51.4 Å². The molecule has 6 aromatic heterocycles. The van der Waals surface area contributed by atoms with Crippen LogP contribution in [0.4, 0.5) is 23.3 Å². The third-order valence-electron chi connectivity index (χ3n) is 22.9. The van der Waals surface area contributed by atoms with Gasteiger partial charge in [0.2, 0.25) is 0 Å². The molecule has 0 bridgehead atoms. The lowest BCUT2D eigenvalue weighted by atomic mass is 9.75. The molecule has 2 aliphatic rings. The summed E-state index contributed by atoms with van der Waals surface area (Å²) in [7, 11) is -10.5. The van der Waals surface area contributed by atoms with Crippen molar-refractivity contribution < 1.29 is 67.5 Å². The number of aryl methyl sites for hydroxylation is 8. The minimum absolute atomic E-state index is 0.177. The van der Waals surface area contributed by atoms with Crippen molar-refractivity contribution in [1.29, 1.82) is 0 Å². The van der Waals surface area contributed by atoms with Gasteiger partial charge in [0.05, 0.1) is 60.9 Å². The Labute approximate surface area is 869 Å². The van der Waals surface area contributed by atoms with Crippen molar-refractivity contribution in [3.8, 4) is 33.8 Å². The molecule has 17 aromatic rings. The second kappa shape index (κ2) is 47.9. The number of hydrogen-bond acceptors (Lipinski definition) is 25. The molecule has 0 unspecified atom stereocenters. The van der Waals surface area contributed by atoms with Gasteiger partial charge in [-0.25, -0.2) is 66.3 Å². The minimum Gasteiger partial charge on any atom is -0.423 e. The first-order valence-corrected chi connectivity index (χ1v) is 51.1. The summed E-state index contributed by atoms with van der Waals surface area (Å²) in [5.41, 5.74) is 23.4. The fourth-order valence-electron chi connectivity index (χ4n) is 14.2. The predicted octanol–water partition coefficient (Wildman–Crippen LogP) is 24.7. The highest BCUT2D eigenvalue weighted by Crippen LogP contribution is 2.41. The summed E-state index contributed by atoms with van der Waals surface area (Å²) in [6.45, 7) is 27.1. The molecule has 0 saturated carbocycles. The van der Waals surface area contributed by atoms with Gasteiger partial charge in [0, 0.05) is 121 Å². The molecule has 0 aliphatic carbocycles. The maximum absolute atomic E-state index is 13.1. The average Bonchev–Trinajstić information content (AvgIpc) is 1.69. The summed E-state index contributed by atoms with van der Waals surface area (Å²) in [6, 6.07) is 62.8. The van der Waals surface area contributed by atoms with E-state index >= 15 is 0 Å². The summed E-state index contributed by atoms with van der Waals surface area (Å²) in [5, 5.41) is 30.8. The predicted molar refractivity (Wildman–Crippen MR) is 564 cm³/mol. The summed E-state index contributed by atoms with van der Waals surface area (Å²) in [4.78, 5) is 58.5. The largest absolute Gasteiger partial charge is 0.495 e. The van der Waals surface area contributed by atoms with E-state index < -0.39 is 61.2 Å². The molecule has 4 N–H and O–H groups in total. The van der Waals surface area contributed by atoms with Crippen LogP contribution in [0.3, 0.4) is 0 Å². The van der Waals surface area contributed by atoms with Crippen molar-refractivity contribution in [2.75, 3.05) is 5.73 Å². The lowest BCUT2D eigenvalue weighted by Gasteiger charge is -2.32. The number of carbonyl (C=O) groups is 2.